The second-order valence-corrected chi connectivity index (χ2v) is 8.59. The molecule has 8 radical (unpaired) electrons. The quantitative estimate of drug-likeness (QED) is 0.734. The number of nitrogens with zero attached hydrogens (tertiary/aromatic N) is 2. The SMILES string of the molecule is [B]C1([B])CC(F)(CNCc2ccc(C)cn2)CC([B])([B])N1C(=O)c1ccc(F)c(Cl)c1. The van der Waals surface area contributed by atoms with E-state index in [1.807, 2.05) is 19.1 Å². The van der Waals surface area contributed by atoms with Crippen LogP contribution in [0.3, 0.4) is 0 Å². The van der Waals surface area contributed by atoms with Crippen LogP contribution in [-0.2, 0) is 6.54 Å². The zero-order chi connectivity index (χ0) is 23.0. The number of nitrogens with one attached hydrogen (secondary N) is 1. The van der Waals surface area contributed by atoms with E-state index < -0.39 is 40.9 Å². The fourth-order valence-corrected chi connectivity index (χ4v) is 4.08. The van der Waals surface area contributed by atoms with Gasteiger partial charge in [-0.15, -0.1) is 0 Å². The van der Waals surface area contributed by atoms with Crippen molar-refractivity contribution in [2.24, 2.45) is 0 Å². The van der Waals surface area contributed by atoms with Crippen LogP contribution in [0.4, 0.5) is 8.78 Å². The van der Waals surface area contributed by atoms with Crippen LogP contribution in [0.15, 0.2) is 36.5 Å². The van der Waals surface area contributed by atoms with E-state index in [2.05, 4.69) is 10.3 Å². The molecule has 3 rings (SSSR count). The smallest absolute Gasteiger partial charge is 0.252 e. The molecule has 0 unspecified atom stereocenters. The Kier molecular flexibility index (Phi) is 6.64. The average Bonchev–Trinajstić information content (AvgIpc) is 2.63. The van der Waals surface area contributed by atoms with Crippen molar-refractivity contribution < 1.29 is 13.6 Å². The van der Waals surface area contributed by atoms with E-state index in [4.69, 9.17) is 43.0 Å². The molecule has 1 saturated heterocycles. The summed E-state index contributed by atoms with van der Waals surface area (Å²) in [5, 5.41) is -1.30. The van der Waals surface area contributed by atoms with Crippen LogP contribution in [0.5, 0.6) is 0 Å². The molecule has 0 spiro atoms. The van der Waals surface area contributed by atoms with Gasteiger partial charge in [0.15, 0.2) is 0 Å². The number of alkyl halides is 1. The van der Waals surface area contributed by atoms with Gasteiger partial charge in [0.25, 0.3) is 5.91 Å². The molecule has 0 saturated carbocycles. The zero-order valence-corrected chi connectivity index (χ0v) is 17.8. The first-order valence-electron chi connectivity index (χ1n) is 9.59. The van der Waals surface area contributed by atoms with Gasteiger partial charge in [0.05, 0.1) is 42.1 Å². The topological polar surface area (TPSA) is 45.2 Å². The summed E-state index contributed by atoms with van der Waals surface area (Å²) in [5.41, 5.74) is -0.276. The predicted molar refractivity (Wildman–Crippen MR) is 120 cm³/mol. The number of pyridine rings is 1. The number of carbonyl (C=O) groups is 1. The Morgan fingerprint density at radius 1 is 1.19 bits per heavy atom. The summed E-state index contributed by atoms with van der Waals surface area (Å²) in [4.78, 5) is 18.1. The molecule has 2 aromatic rings. The summed E-state index contributed by atoms with van der Waals surface area (Å²) < 4.78 is 29.1. The number of benzene rings is 1. The highest BCUT2D eigenvalue weighted by molar-refractivity contribution is 6.46. The lowest BCUT2D eigenvalue weighted by Gasteiger charge is -2.59. The van der Waals surface area contributed by atoms with E-state index in [-0.39, 0.29) is 17.1 Å². The first-order chi connectivity index (χ1) is 14.3. The molecule has 2 heterocycles. The van der Waals surface area contributed by atoms with Gasteiger partial charge in [0.1, 0.15) is 11.5 Å². The van der Waals surface area contributed by atoms with Gasteiger partial charge in [-0.3, -0.25) is 9.78 Å². The van der Waals surface area contributed by atoms with Crippen molar-refractivity contribution in [3.63, 3.8) is 0 Å². The lowest BCUT2D eigenvalue weighted by atomic mass is 9.44. The standard InChI is InChI=1S/C20H18B4ClF2N3O/c1-12-2-4-14(29-7-12)8-28-11-18(27)9-19(21,22)30(20(23,24)10-18)17(31)13-3-5-16(26)15(25)6-13/h2-7,28H,8-11H2,1H3. The highest BCUT2D eigenvalue weighted by Crippen LogP contribution is 2.41. The van der Waals surface area contributed by atoms with Gasteiger partial charge >= 0.3 is 0 Å². The van der Waals surface area contributed by atoms with Gasteiger partial charge in [-0.2, -0.15) is 0 Å². The summed E-state index contributed by atoms with van der Waals surface area (Å²) in [7, 11) is 24.5. The molecule has 1 N–H and O–H groups in total. The number of amides is 1. The van der Waals surface area contributed by atoms with Crippen molar-refractivity contribution in [1.29, 1.82) is 0 Å². The summed E-state index contributed by atoms with van der Waals surface area (Å²) >= 11 is 5.76. The van der Waals surface area contributed by atoms with Crippen molar-refractivity contribution in [3.8, 4) is 0 Å². The Bertz CT molecular complexity index is 957. The Morgan fingerprint density at radius 3 is 2.39 bits per heavy atom. The van der Waals surface area contributed by atoms with Crippen molar-refractivity contribution in [1.82, 2.24) is 15.2 Å². The highest BCUT2D eigenvalue weighted by Gasteiger charge is 2.52. The number of rotatable bonds is 5. The van der Waals surface area contributed by atoms with Gasteiger partial charge in [0, 0.05) is 24.8 Å². The lowest BCUT2D eigenvalue weighted by Crippen LogP contribution is -2.72. The fourth-order valence-electron chi connectivity index (χ4n) is 3.90. The molecule has 4 nitrogen and oxygen atoms in total. The molecule has 1 fully saturated rings. The molecule has 152 valence electrons. The third-order valence-corrected chi connectivity index (χ3v) is 5.41. The molecule has 1 aromatic heterocycles. The van der Waals surface area contributed by atoms with Crippen molar-refractivity contribution in [3.05, 3.63) is 64.2 Å². The minimum atomic E-state index is -2.00. The Morgan fingerprint density at radius 2 is 1.84 bits per heavy atom. The van der Waals surface area contributed by atoms with Gasteiger partial charge in [-0.25, -0.2) is 8.78 Å². The van der Waals surface area contributed by atoms with Crippen molar-refractivity contribution >= 4 is 48.9 Å². The van der Waals surface area contributed by atoms with Crippen LogP contribution < -0.4 is 5.32 Å². The van der Waals surface area contributed by atoms with E-state index >= 15 is 4.39 Å². The molecule has 1 aliphatic rings. The molecule has 0 bridgehead atoms. The second-order valence-electron chi connectivity index (χ2n) is 8.19. The van der Waals surface area contributed by atoms with Crippen LogP contribution in [0.1, 0.15) is 34.5 Å². The third-order valence-electron chi connectivity index (χ3n) is 5.12. The minimum absolute atomic E-state index is 0.0260. The van der Waals surface area contributed by atoms with E-state index in [1.54, 1.807) is 6.20 Å². The first kappa shape index (κ1) is 23.9. The average molecular weight is 433 g/mol. The van der Waals surface area contributed by atoms with Gasteiger partial charge in [0.2, 0.25) is 0 Å². The van der Waals surface area contributed by atoms with Crippen molar-refractivity contribution in [2.45, 2.75) is 42.7 Å². The maximum Gasteiger partial charge on any atom is 0.252 e. The van der Waals surface area contributed by atoms with Crippen LogP contribution in [0.2, 0.25) is 5.02 Å². The number of likely N-dealkylation sites (tertiary alicyclic amines) is 1. The normalized spacial score (nSPS) is 19.2. The monoisotopic (exact) mass is 433 g/mol. The van der Waals surface area contributed by atoms with Crippen molar-refractivity contribution in [2.75, 3.05) is 6.54 Å². The first-order valence-corrected chi connectivity index (χ1v) is 9.97. The van der Waals surface area contributed by atoms with Crippen LogP contribution in [0, 0.1) is 12.7 Å². The molecule has 11 heteroatoms. The number of carbonyl (C=O) groups excluding carboxylic acids is 1. The molecule has 31 heavy (non-hydrogen) atoms. The molecule has 0 aliphatic carbocycles. The Balaban J connectivity index is 1.75. The number of hydrogen-bond acceptors (Lipinski definition) is 3. The molecular weight excluding hydrogens is 415 g/mol. The second kappa shape index (κ2) is 8.62. The van der Waals surface area contributed by atoms with Gasteiger partial charge in [-0.05, 0) is 60.3 Å². The predicted octanol–water partition coefficient (Wildman–Crippen LogP) is 1.90. The van der Waals surface area contributed by atoms with E-state index in [1.165, 1.54) is 6.07 Å². The molecule has 1 amide bonds. The maximum absolute atomic E-state index is 15.7. The fraction of sp³-hybridized carbons (Fsp3) is 0.400. The number of piperidine rings is 1. The molecule has 1 aromatic carbocycles. The lowest BCUT2D eigenvalue weighted by molar-refractivity contribution is 0.00469. The summed E-state index contributed by atoms with van der Waals surface area (Å²) in [6.45, 7) is 2.08. The number of aromatic nitrogens is 1. The van der Waals surface area contributed by atoms with Gasteiger partial charge < -0.3 is 10.2 Å². The number of aryl methyl sites for hydroxylation is 1. The van der Waals surface area contributed by atoms with E-state index in [9.17, 15) is 9.18 Å². The summed E-state index contributed by atoms with van der Waals surface area (Å²) in [5.74, 6) is -1.48. The molecule has 1 aliphatic heterocycles. The molecule has 0 atom stereocenters. The van der Waals surface area contributed by atoms with E-state index in [0.717, 1.165) is 28.3 Å². The third kappa shape index (κ3) is 5.35. The number of hydrogen-bond donors (Lipinski definition) is 1. The summed E-state index contributed by atoms with van der Waals surface area (Å²) in [6, 6.07) is 7.05. The van der Waals surface area contributed by atoms with E-state index in [0.29, 0.717) is 6.54 Å². The zero-order valence-electron chi connectivity index (χ0n) is 17.0. The van der Waals surface area contributed by atoms with Crippen LogP contribution >= 0.6 is 11.6 Å². The Labute approximate surface area is 191 Å². The Hall–Kier alpha value is -1.79. The largest absolute Gasteiger partial charge is 0.362 e. The van der Waals surface area contributed by atoms with Gasteiger partial charge in [-0.1, -0.05) is 17.7 Å². The maximum atomic E-state index is 15.7. The molecular formula is C20H18B4ClF2N3O. The summed E-state index contributed by atoms with van der Waals surface area (Å²) in [6.07, 6.45) is 0.861. The minimum Gasteiger partial charge on any atom is -0.362 e. The highest BCUT2D eigenvalue weighted by atomic mass is 35.5. The number of halogens is 3. The van der Waals surface area contributed by atoms with Crippen LogP contribution in [-0.4, -0.2) is 70.1 Å². The van der Waals surface area contributed by atoms with Crippen LogP contribution in [0.25, 0.3) is 0 Å².